The van der Waals surface area contributed by atoms with Crippen LogP contribution in [0.5, 0.6) is 0 Å². The van der Waals surface area contributed by atoms with Gasteiger partial charge in [0, 0.05) is 25.4 Å². The number of thiocarbonyl (C=S) groups is 1. The van der Waals surface area contributed by atoms with Crippen LogP contribution in [0.3, 0.4) is 0 Å². The molecule has 132 valence electrons. The Kier molecular flexibility index (Phi) is 5.80. The minimum atomic E-state index is -0.878. The van der Waals surface area contributed by atoms with E-state index < -0.39 is 5.97 Å². The molecule has 0 radical (unpaired) electrons. The van der Waals surface area contributed by atoms with Crippen molar-refractivity contribution in [3.8, 4) is 11.1 Å². The summed E-state index contributed by atoms with van der Waals surface area (Å²) >= 11 is 6.54. The van der Waals surface area contributed by atoms with Crippen LogP contribution in [0.25, 0.3) is 17.2 Å². The first-order valence-electron chi connectivity index (χ1n) is 8.03. The number of aromatic nitrogens is 1. The molecule has 1 saturated heterocycles. The predicted octanol–water partition coefficient (Wildman–Crippen LogP) is 3.81. The van der Waals surface area contributed by atoms with Crippen LogP contribution in [0.1, 0.15) is 18.4 Å². The molecular formula is C19H16N2O3S2. The van der Waals surface area contributed by atoms with Crippen molar-refractivity contribution in [2.45, 2.75) is 12.8 Å². The molecular weight excluding hydrogens is 368 g/mol. The Balaban J connectivity index is 1.84. The second-order valence-electron chi connectivity index (χ2n) is 5.65. The van der Waals surface area contributed by atoms with Gasteiger partial charge in [-0.05, 0) is 41.3 Å². The van der Waals surface area contributed by atoms with Crippen molar-refractivity contribution >= 4 is 46.3 Å². The Morgan fingerprint density at radius 3 is 2.69 bits per heavy atom. The summed E-state index contributed by atoms with van der Waals surface area (Å²) in [4.78, 5) is 29.4. The first-order valence-corrected chi connectivity index (χ1v) is 9.25. The van der Waals surface area contributed by atoms with Gasteiger partial charge in [-0.3, -0.25) is 19.5 Å². The van der Waals surface area contributed by atoms with E-state index in [1.165, 1.54) is 16.7 Å². The van der Waals surface area contributed by atoms with Gasteiger partial charge in [-0.25, -0.2) is 0 Å². The SMILES string of the molecule is O=C(O)CCCN1C(=O)C(=Cc2ccccc2-c2ccncc2)SC1=S. The number of rotatable bonds is 6. The zero-order valence-corrected chi connectivity index (χ0v) is 15.4. The maximum Gasteiger partial charge on any atom is 0.303 e. The van der Waals surface area contributed by atoms with Gasteiger partial charge in [0.2, 0.25) is 0 Å². The third kappa shape index (κ3) is 4.17. The average molecular weight is 384 g/mol. The highest BCUT2D eigenvalue weighted by atomic mass is 32.2. The number of hydrogen-bond acceptors (Lipinski definition) is 5. The van der Waals surface area contributed by atoms with Crippen molar-refractivity contribution in [2.75, 3.05) is 6.54 Å². The maximum absolute atomic E-state index is 12.6. The highest BCUT2D eigenvalue weighted by Gasteiger charge is 2.31. The van der Waals surface area contributed by atoms with Gasteiger partial charge in [0.15, 0.2) is 0 Å². The van der Waals surface area contributed by atoms with E-state index in [-0.39, 0.29) is 12.3 Å². The summed E-state index contributed by atoms with van der Waals surface area (Å²) in [5.41, 5.74) is 2.94. The highest BCUT2D eigenvalue weighted by Crippen LogP contribution is 2.34. The van der Waals surface area contributed by atoms with E-state index >= 15 is 0 Å². The van der Waals surface area contributed by atoms with Crippen LogP contribution in [0.15, 0.2) is 53.7 Å². The van der Waals surface area contributed by atoms with Crippen molar-refractivity contribution in [3.05, 3.63) is 59.3 Å². The van der Waals surface area contributed by atoms with Crippen LogP contribution in [-0.2, 0) is 9.59 Å². The molecule has 1 amide bonds. The quantitative estimate of drug-likeness (QED) is 0.603. The first-order chi connectivity index (χ1) is 12.6. The molecule has 26 heavy (non-hydrogen) atoms. The standard InChI is InChI=1S/C19H16N2O3S2/c22-17(23)6-3-11-21-18(24)16(26-19(21)25)12-14-4-1-2-5-15(14)13-7-9-20-10-8-13/h1-2,4-5,7-10,12H,3,6,11H2,(H,22,23). The number of thioether (sulfide) groups is 1. The van der Waals surface area contributed by atoms with Gasteiger partial charge in [-0.2, -0.15) is 0 Å². The van der Waals surface area contributed by atoms with Gasteiger partial charge in [0.1, 0.15) is 4.32 Å². The number of carboxylic acid groups (broad SMARTS) is 1. The Labute approximate surface area is 160 Å². The maximum atomic E-state index is 12.6. The van der Waals surface area contributed by atoms with Crippen LogP contribution >= 0.6 is 24.0 Å². The number of carboxylic acids is 1. The summed E-state index contributed by atoms with van der Waals surface area (Å²) in [6.45, 7) is 0.320. The molecule has 2 aromatic rings. The van der Waals surface area contributed by atoms with Gasteiger partial charge in [-0.15, -0.1) is 0 Å². The highest BCUT2D eigenvalue weighted by molar-refractivity contribution is 8.26. The molecule has 0 unspecified atom stereocenters. The summed E-state index contributed by atoms with van der Waals surface area (Å²) < 4.78 is 0.466. The van der Waals surface area contributed by atoms with E-state index in [4.69, 9.17) is 17.3 Å². The fourth-order valence-electron chi connectivity index (χ4n) is 2.64. The van der Waals surface area contributed by atoms with Crippen LogP contribution in [0.4, 0.5) is 0 Å². The zero-order valence-electron chi connectivity index (χ0n) is 13.8. The minimum Gasteiger partial charge on any atom is -0.481 e. The van der Waals surface area contributed by atoms with Crippen molar-refractivity contribution in [1.82, 2.24) is 9.88 Å². The smallest absolute Gasteiger partial charge is 0.303 e. The van der Waals surface area contributed by atoms with Gasteiger partial charge >= 0.3 is 5.97 Å². The van der Waals surface area contributed by atoms with Crippen molar-refractivity contribution in [2.24, 2.45) is 0 Å². The lowest BCUT2D eigenvalue weighted by Crippen LogP contribution is -2.29. The summed E-state index contributed by atoms with van der Waals surface area (Å²) in [6.07, 6.45) is 5.69. The van der Waals surface area contributed by atoms with Crippen LogP contribution < -0.4 is 0 Å². The van der Waals surface area contributed by atoms with Crippen LogP contribution in [0.2, 0.25) is 0 Å². The summed E-state index contributed by atoms with van der Waals surface area (Å²) in [5.74, 6) is -1.05. The van der Waals surface area contributed by atoms with E-state index in [1.54, 1.807) is 12.4 Å². The Morgan fingerprint density at radius 2 is 1.96 bits per heavy atom. The summed E-state index contributed by atoms with van der Waals surface area (Å²) in [6, 6.07) is 11.7. The number of amides is 1. The molecule has 0 aliphatic carbocycles. The van der Waals surface area contributed by atoms with E-state index in [9.17, 15) is 9.59 Å². The van der Waals surface area contributed by atoms with Crippen LogP contribution in [-0.4, -0.2) is 37.7 Å². The van der Waals surface area contributed by atoms with Crippen LogP contribution in [0, 0.1) is 0 Å². The van der Waals surface area contributed by atoms with E-state index in [2.05, 4.69) is 4.98 Å². The topological polar surface area (TPSA) is 70.5 Å². The molecule has 1 aromatic heterocycles. The van der Waals surface area contributed by atoms with Crippen molar-refractivity contribution < 1.29 is 14.7 Å². The molecule has 7 heteroatoms. The number of benzene rings is 1. The van der Waals surface area contributed by atoms with Crippen molar-refractivity contribution in [1.29, 1.82) is 0 Å². The molecule has 1 aliphatic heterocycles. The van der Waals surface area contributed by atoms with Crippen molar-refractivity contribution in [3.63, 3.8) is 0 Å². The van der Waals surface area contributed by atoms with Gasteiger partial charge in [0.25, 0.3) is 5.91 Å². The molecule has 0 atom stereocenters. The Morgan fingerprint density at radius 1 is 1.23 bits per heavy atom. The second-order valence-corrected chi connectivity index (χ2v) is 7.33. The normalized spacial score (nSPS) is 15.7. The number of carbonyl (C=O) groups is 2. The second kappa shape index (κ2) is 8.25. The molecule has 1 N–H and O–H groups in total. The largest absolute Gasteiger partial charge is 0.481 e. The van der Waals surface area contributed by atoms with Gasteiger partial charge < -0.3 is 5.11 Å². The lowest BCUT2D eigenvalue weighted by molar-refractivity contribution is -0.137. The van der Waals surface area contributed by atoms with Gasteiger partial charge in [-0.1, -0.05) is 48.2 Å². The number of pyridine rings is 1. The molecule has 3 rings (SSSR count). The number of hydrogen-bond donors (Lipinski definition) is 1. The monoisotopic (exact) mass is 384 g/mol. The summed E-state index contributed by atoms with van der Waals surface area (Å²) in [5, 5.41) is 8.75. The molecule has 0 bridgehead atoms. The number of carbonyl (C=O) groups excluding carboxylic acids is 1. The number of nitrogens with zero attached hydrogens (tertiary/aromatic N) is 2. The molecule has 5 nitrogen and oxygen atoms in total. The van der Waals surface area contributed by atoms with E-state index in [0.717, 1.165) is 16.7 Å². The van der Waals surface area contributed by atoms with E-state index in [0.29, 0.717) is 22.2 Å². The summed E-state index contributed by atoms with van der Waals surface area (Å²) in [7, 11) is 0. The predicted molar refractivity (Wildman–Crippen MR) is 106 cm³/mol. The minimum absolute atomic E-state index is 0.0149. The number of aliphatic carboxylic acids is 1. The lowest BCUT2D eigenvalue weighted by Gasteiger charge is -2.13. The Bertz CT molecular complexity index is 881. The third-order valence-corrected chi connectivity index (χ3v) is 5.26. The first kappa shape index (κ1) is 18.3. The molecule has 0 spiro atoms. The Hall–Kier alpha value is -2.51. The fraction of sp³-hybridized carbons (Fsp3) is 0.158. The molecule has 2 heterocycles. The molecule has 0 saturated carbocycles. The fourth-order valence-corrected chi connectivity index (χ4v) is 3.94. The lowest BCUT2D eigenvalue weighted by atomic mass is 10.0. The van der Waals surface area contributed by atoms with E-state index in [1.807, 2.05) is 42.5 Å². The molecule has 1 aliphatic rings. The van der Waals surface area contributed by atoms with Gasteiger partial charge in [0.05, 0.1) is 4.91 Å². The molecule has 1 aromatic carbocycles. The zero-order chi connectivity index (χ0) is 18.5. The third-order valence-electron chi connectivity index (χ3n) is 3.88. The average Bonchev–Trinajstić information content (AvgIpc) is 2.90. The molecule has 1 fully saturated rings.